The number of hydrogen-bond acceptors (Lipinski definition) is 4. The molecule has 3 nitrogen and oxygen atoms in total. The van der Waals surface area contributed by atoms with Gasteiger partial charge in [-0.15, -0.1) is 11.3 Å². The summed E-state index contributed by atoms with van der Waals surface area (Å²) >= 11 is 1.67. The zero-order valence-electron chi connectivity index (χ0n) is 12.1. The van der Waals surface area contributed by atoms with Crippen LogP contribution in [0.15, 0.2) is 24.3 Å². The maximum atomic E-state index is 10.9. The molecule has 0 spiro atoms. The minimum absolute atomic E-state index is 0.222. The Morgan fingerprint density at radius 2 is 1.95 bits per heavy atom. The Balaban J connectivity index is 1.88. The smallest absolute Gasteiger partial charge is 0.140 e. The molecular formula is C16H19NO2S. The second-order valence-electron chi connectivity index (χ2n) is 4.88. The summed E-state index contributed by atoms with van der Waals surface area (Å²) < 4.78 is 5.72. The van der Waals surface area contributed by atoms with Crippen LogP contribution in [0.5, 0.6) is 5.75 Å². The number of nitrogens with zero attached hydrogens (tertiary/aromatic N) is 1. The third kappa shape index (κ3) is 4.17. The van der Waals surface area contributed by atoms with E-state index in [0.717, 1.165) is 28.4 Å². The molecule has 0 aliphatic rings. The lowest BCUT2D eigenvalue weighted by molar-refractivity contribution is -0.116. The highest BCUT2D eigenvalue weighted by atomic mass is 32.1. The Morgan fingerprint density at radius 1 is 1.25 bits per heavy atom. The van der Waals surface area contributed by atoms with Crippen molar-refractivity contribution < 1.29 is 9.53 Å². The maximum Gasteiger partial charge on any atom is 0.140 e. The standard InChI is InChI=1S/C16H19NO2S/c1-11(18)4-5-14-6-8-15(9-7-14)19-10-16-17-12(2)13(3)20-16/h6-9H,4-5,10H2,1-3H3. The average molecular weight is 289 g/mol. The van der Waals surface area contributed by atoms with Gasteiger partial charge in [0.05, 0.1) is 5.69 Å². The van der Waals surface area contributed by atoms with Crippen LogP contribution in [0.1, 0.15) is 34.5 Å². The Hall–Kier alpha value is -1.68. The van der Waals surface area contributed by atoms with Crippen molar-refractivity contribution in [2.24, 2.45) is 0 Å². The van der Waals surface area contributed by atoms with E-state index in [4.69, 9.17) is 4.74 Å². The fraction of sp³-hybridized carbons (Fsp3) is 0.375. The van der Waals surface area contributed by atoms with Crippen molar-refractivity contribution in [2.75, 3.05) is 0 Å². The number of benzene rings is 1. The fourth-order valence-electron chi connectivity index (χ4n) is 1.82. The first-order chi connectivity index (χ1) is 9.54. The van der Waals surface area contributed by atoms with Crippen LogP contribution in [0.3, 0.4) is 0 Å². The zero-order chi connectivity index (χ0) is 14.5. The lowest BCUT2D eigenvalue weighted by atomic mass is 10.1. The van der Waals surface area contributed by atoms with Gasteiger partial charge in [-0.05, 0) is 44.9 Å². The van der Waals surface area contributed by atoms with Crippen molar-refractivity contribution in [3.63, 3.8) is 0 Å². The predicted octanol–water partition coefficient (Wildman–Crippen LogP) is 3.86. The normalized spacial score (nSPS) is 10.6. The van der Waals surface area contributed by atoms with Gasteiger partial charge in [-0.3, -0.25) is 0 Å². The van der Waals surface area contributed by atoms with Crippen molar-refractivity contribution in [3.05, 3.63) is 45.4 Å². The van der Waals surface area contributed by atoms with Gasteiger partial charge in [0.1, 0.15) is 23.1 Å². The molecule has 1 aromatic heterocycles. The summed E-state index contributed by atoms with van der Waals surface area (Å²) in [5, 5.41) is 1.00. The number of aromatic nitrogens is 1. The van der Waals surface area contributed by atoms with E-state index in [9.17, 15) is 4.79 Å². The quantitative estimate of drug-likeness (QED) is 0.810. The van der Waals surface area contributed by atoms with Crippen molar-refractivity contribution in [1.29, 1.82) is 0 Å². The predicted molar refractivity (Wildman–Crippen MR) is 81.4 cm³/mol. The number of ketones is 1. The number of carbonyl (C=O) groups excluding carboxylic acids is 1. The Labute approximate surface area is 123 Å². The van der Waals surface area contributed by atoms with Gasteiger partial charge < -0.3 is 9.53 Å². The van der Waals surface area contributed by atoms with Crippen LogP contribution in [0.2, 0.25) is 0 Å². The number of rotatable bonds is 6. The van der Waals surface area contributed by atoms with Crippen molar-refractivity contribution in [1.82, 2.24) is 4.98 Å². The molecule has 2 aromatic rings. The largest absolute Gasteiger partial charge is 0.486 e. The number of aryl methyl sites for hydroxylation is 3. The average Bonchev–Trinajstić information content (AvgIpc) is 2.74. The minimum atomic E-state index is 0.222. The molecule has 0 unspecified atom stereocenters. The van der Waals surface area contributed by atoms with Crippen LogP contribution in [-0.4, -0.2) is 10.8 Å². The Morgan fingerprint density at radius 3 is 2.50 bits per heavy atom. The molecule has 0 radical (unpaired) electrons. The molecule has 0 bridgehead atoms. The SMILES string of the molecule is CC(=O)CCc1ccc(OCc2nc(C)c(C)s2)cc1. The van der Waals surface area contributed by atoms with E-state index in [1.807, 2.05) is 31.2 Å². The first-order valence-corrected chi connectivity index (χ1v) is 7.50. The molecule has 2 rings (SSSR count). The van der Waals surface area contributed by atoms with Crippen LogP contribution in [0.4, 0.5) is 0 Å². The molecule has 0 fully saturated rings. The summed E-state index contributed by atoms with van der Waals surface area (Å²) in [6.07, 6.45) is 1.39. The van der Waals surface area contributed by atoms with Crippen LogP contribution in [-0.2, 0) is 17.8 Å². The van der Waals surface area contributed by atoms with Crippen LogP contribution < -0.4 is 4.74 Å². The van der Waals surface area contributed by atoms with Crippen molar-refractivity contribution in [3.8, 4) is 5.75 Å². The number of Topliss-reactive ketones (excluding diaryl/α,β-unsaturated/α-hetero) is 1. The number of thiazole rings is 1. The molecule has 0 aliphatic carbocycles. The summed E-state index contributed by atoms with van der Waals surface area (Å²) in [7, 11) is 0. The first-order valence-electron chi connectivity index (χ1n) is 6.68. The summed E-state index contributed by atoms with van der Waals surface area (Å²) in [6, 6.07) is 7.92. The maximum absolute atomic E-state index is 10.9. The van der Waals surface area contributed by atoms with E-state index in [-0.39, 0.29) is 5.78 Å². The van der Waals surface area contributed by atoms with Gasteiger partial charge in [0.25, 0.3) is 0 Å². The topological polar surface area (TPSA) is 39.2 Å². The van der Waals surface area contributed by atoms with E-state index in [1.165, 1.54) is 4.88 Å². The minimum Gasteiger partial charge on any atom is -0.486 e. The molecule has 1 aromatic carbocycles. The van der Waals surface area contributed by atoms with Gasteiger partial charge in [-0.25, -0.2) is 4.98 Å². The number of carbonyl (C=O) groups is 1. The molecule has 0 N–H and O–H groups in total. The molecular weight excluding hydrogens is 270 g/mol. The van der Waals surface area contributed by atoms with Gasteiger partial charge in [-0.2, -0.15) is 0 Å². The van der Waals surface area contributed by atoms with E-state index < -0.39 is 0 Å². The van der Waals surface area contributed by atoms with Crippen molar-refractivity contribution in [2.45, 2.75) is 40.2 Å². The molecule has 0 saturated heterocycles. The Kier molecular flexibility index (Phi) is 4.90. The Bertz CT molecular complexity index is 568. The third-order valence-corrected chi connectivity index (χ3v) is 4.17. The fourth-order valence-corrected chi connectivity index (χ4v) is 2.67. The van der Waals surface area contributed by atoms with Gasteiger partial charge in [0.15, 0.2) is 0 Å². The molecule has 20 heavy (non-hydrogen) atoms. The summed E-state index contributed by atoms with van der Waals surface area (Å²) in [5.74, 6) is 1.06. The molecule has 0 saturated carbocycles. The molecule has 106 valence electrons. The highest BCUT2D eigenvalue weighted by molar-refractivity contribution is 7.11. The number of hydrogen-bond donors (Lipinski definition) is 0. The second-order valence-corrected chi connectivity index (χ2v) is 6.17. The third-order valence-electron chi connectivity index (χ3n) is 3.12. The molecule has 0 amide bonds. The summed E-state index contributed by atoms with van der Waals surface area (Å²) in [4.78, 5) is 16.6. The van der Waals surface area contributed by atoms with E-state index in [0.29, 0.717) is 13.0 Å². The molecule has 4 heteroatoms. The van der Waals surface area contributed by atoms with E-state index in [2.05, 4.69) is 11.9 Å². The molecule has 0 aliphatic heterocycles. The van der Waals surface area contributed by atoms with Gasteiger partial charge in [0, 0.05) is 11.3 Å². The highest BCUT2D eigenvalue weighted by Crippen LogP contribution is 2.19. The highest BCUT2D eigenvalue weighted by Gasteiger charge is 2.04. The van der Waals surface area contributed by atoms with Crippen molar-refractivity contribution >= 4 is 17.1 Å². The van der Waals surface area contributed by atoms with Gasteiger partial charge in [0.2, 0.25) is 0 Å². The molecule has 0 atom stereocenters. The van der Waals surface area contributed by atoms with Crippen LogP contribution >= 0.6 is 11.3 Å². The van der Waals surface area contributed by atoms with Crippen LogP contribution in [0.25, 0.3) is 0 Å². The van der Waals surface area contributed by atoms with Gasteiger partial charge in [-0.1, -0.05) is 12.1 Å². The molecule has 1 heterocycles. The summed E-state index contributed by atoms with van der Waals surface area (Å²) in [5.41, 5.74) is 2.24. The lowest BCUT2D eigenvalue weighted by Crippen LogP contribution is -1.96. The second kappa shape index (κ2) is 6.66. The monoisotopic (exact) mass is 289 g/mol. The zero-order valence-corrected chi connectivity index (χ0v) is 12.9. The first kappa shape index (κ1) is 14.7. The summed E-state index contributed by atoms with van der Waals surface area (Å²) in [6.45, 7) is 6.21. The van der Waals surface area contributed by atoms with E-state index in [1.54, 1.807) is 18.3 Å². The lowest BCUT2D eigenvalue weighted by Gasteiger charge is -2.05. The van der Waals surface area contributed by atoms with E-state index >= 15 is 0 Å². The number of ether oxygens (including phenoxy) is 1. The van der Waals surface area contributed by atoms with Crippen LogP contribution in [0, 0.1) is 13.8 Å². The van der Waals surface area contributed by atoms with Gasteiger partial charge >= 0.3 is 0 Å².